The van der Waals surface area contributed by atoms with Gasteiger partial charge in [-0.25, -0.2) is 4.79 Å². The van der Waals surface area contributed by atoms with Gasteiger partial charge in [0.1, 0.15) is 0 Å². The number of hydrogen-bond donors (Lipinski definition) is 1. The Morgan fingerprint density at radius 3 is 2.71 bits per heavy atom. The quantitative estimate of drug-likeness (QED) is 0.589. The van der Waals surface area contributed by atoms with E-state index in [1.165, 1.54) is 0 Å². The van der Waals surface area contributed by atoms with E-state index in [-0.39, 0.29) is 18.5 Å². The van der Waals surface area contributed by atoms with Gasteiger partial charge in [-0.05, 0) is 32.0 Å². The maximum atomic E-state index is 11.9. The van der Waals surface area contributed by atoms with E-state index in [9.17, 15) is 9.59 Å². The van der Waals surface area contributed by atoms with Gasteiger partial charge in [0.05, 0.1) is 18.1 Å². The lowest BCUT2D eigenvalue weighted by Crippen LogP contribution is -2.26. The number of hydrogen-bond acceptors (Lipinski definition) is 4. The van der Waals surface area contributed by atoms with E-state index in [4.69, 9.17) is 9.84 Å². The maximum absolute atomic E-state index is 11.9. The van der Waals surface area contributed by atoms with Gasteiger partial charge in [-0.15, -0.1) is 6.58 Å². The molecule has 0 aliphatic carbocycles. The molecule has 0 aliphatic rings. The third-order valence-corrected chi connectivity index (χ3v) is 2.73. The predicted octanol–water partition coefficient (Wildman–Crippen LogP) is 2.72. The van der Waals surface area contributed by atoms with E-state index in [2.05, 4.69) is 6.58 Å². The van der Waals surface area contributed by atoms with E-state index < -0.39 is 5.97 Å². The Labute approximate surface area is 124 Å². The first-order valence-electron chi connectivity index (χ1n) is 6.82. The van der Waals surface area contributed by atoms with Crippen molar-refractivity contribution in [2.24, 2.45) is 0 Å². The minimum absolute atomic E-state index is 0.0223. The SMILES string of the molecule is C=CCN(CCC(=O)O)c1cccc(C(=O)OC(C)C)c1. The van der Waals surface area contributed by atoms with Gasteiger partial charge in [0, 0.05) is 18.8 Å². The zero-order valence-corrected chi connectivity index (χ0v) is 12.4. The first kappa shape index (κ1) is 16.8. The number of aliphatic carboxylic acids is 1. The Balaban J connectivity index is 2.90. The monoisotopic (exact) mass is 291 g/mol. The van der Waals surface area contributed by atoms with Crippen LogP contribution in [-0.2, 0) is 9.53 Å². The number of rotatable bonds is 8. The van der Waals surface area contributed by atoms with Gasteiger partial charge in [0.15, 0.2) is 0 Å². The van der Waals surface area contributed by atoms with Gasteiger partial charge < -0.3 is 14.7 Å². The van der Waals surface area contributed by atoms with Crippen LogP contribution in [0.25, 0.3) is 0 Å². The summed E-state index contributed by atoms with van der Waals surface area (Å²) in [5.41, 5.74) is 1.22. The smallest absolute Gasteiger partial charge is 0.338 e. The van der Waals surface area contributed by atoms with Crippen LogP contribution in [0.4, 0.5) is 5.69 Å². The molecule has 114 valence electrons. The van der Waals surface area contributed by atoms with E-state index in [1.807, 2.05) is 11.0 Å². The Hall–Kier alpha value is -2.30. The Kier molecular flexibility index (Phi) is 6.46. The Morgan fingerprint density at radius 2 is 2.14 bits per heavy atom. The molecule has 0 unspecified atom stereocenters. The fraction of sp³-hybridized carbons (Fsp3) is 0.375. The molecule has 0 fully saturated rings. The number of carbonyl (C=O) groups excluding carboxylic acids is 1. The maximum Gasteiger partial charge on any atom is 0.338 e. The zero-order valence-electron chi connectivity index (χ0n) is 12.4. The van der Waals surface area contributed by atoms with Gasteiger partial charge in [0.2, 0.25) is 0 Å². The molecular formula is C16H21NO4. The molecular weight excluding hydrogens is 270 g/mol. The molecule has 0 radical (unpaired) electrons. The van der Waals surface area contributed by atoms with Crippen molar-refractivity contribution in [2.75, 3.05) is 18.0 Å². The second-order valence-electron chi connectivity index (χ2n) is 4.88. The van der Waals surface area contributed by atoms with E-state index >= 15 is 0 Å². The first-order valence-corrected chi connectivity index (χ1v) is 6.82. The Morgan fingerprint density at radius 1 is 1.43 bits per heavy atom. The van der Waals surface area contributed by atoms with Crippen molar-refractivity contribution < 1.29 is 19.4 Å². The average Bonchev–Trinajstić information content (AvgIpc) is 2.42. The summed E-state index contributed by atoms with van der Waals surface area (Å²) < 4.78 is 5.16. The van der Waals surface area contributed by atoms with Crippen molar-refractivity contribution in [3.8, 4) is 0 Å². The third kappa shape index (κ3) is 5.69. The molecule has 0 bridgehead atoms. The van der Waals surface area contributed by atoms with Crippen molar-refractivity contribution in [3.05, 3.63) is 42.5 Å². The highest BCUT2D eigenvalue weighted by Gasteiger charge is 2.12. The number of ether oxygens (including phenoxy) is 1. The molecule has 1 aromatic carbocycles. The van der Waals surface area contributed by atoms with E-state index in [0.717, 1.165) is 5.69 Å². The number of nitrogens with zero attached hydrogens (tertiary/aromatic N) is 1. The van der Waals surface area contributed by atoms with Gasteiger partial charge in [-0.1, -0.05) is 12.1 Å². The van der Waals surface area contributed by atoms with E-state index in [1.54, 1.807) is 38.1 Å². The molecule has 0 aromatic heterocycles. The van der Waals surface area contributed by atoms with Crippen LogP contribution < -0.4 is 4.90 Å². The van der Waals surface area contributed by atoms with Crippen LogP contribution in [0, 0.1) is 0 Å². The van der Waals surface area contributed by atoms with E-state index in [0.29, 0.717) is 18.7 Å². The molecule has 5 heteroatoms. The van der Waals surface area contributed by atoms with Crippen molar-refractivity contribution in [1.29, 1.82) is 0 Å². The Bertz CT molecular complexity index is 511. The van der Waals surface area contributed by atoms with Crippen molar-refractivity contribution >= 4 is 17.6 Å². The number of benzene rings is 1. The van der Waals surface area contributed by atoms with Crippen LogP contribution in [0.5, 0.6) is 0 Å². The summed E-state index contributed by atoms with van der Waals surface area (Å²) in [5, 5.41) is 8.79. The molecule has 1 N–H and O–H groups in total. The number of esters is 1. The van der Waals surface area contributed by atoms with Gasteiger partial charge >= 0.3 is 11.9 Å². The van der Waals surface area contributed by atoms with Crippen LogP contribution in [-0.4, -0.2) is 36.2 Å². The normalized spacial score (nSPS) is 10.2. The summed E-state index contributed by atoms with van der Waals surface area (Å²) in [5.74, 6) is -1.25. The lowest BCUT2D eigenvalue weighted by Gasteiger charge is -2.23. The summed E-state index contributed by atoms with van der Waals surface area (Å²) in [6.45, 7) is 8.11. The van der Waals surface area contributed by atoms with Crippen molar-refractivity contribution in [3.63, 3.8) is 0 Å². The molecule has 5 nitrogen and oxygen atoms in total. The third-order valence-electron chi connectivity index (χ3n) is 2.73. The molecule has 0 heterocycles. The fourth-order valence-electron chi connectivity index (χ4n) is 1.82. The zero-order chi connectivity index (χ0) is 15.8. The second kappa shape index (κ2) is 8.09. The topological polar surface area (TPSA) is 66.8 Å². The molecule has 21 heavy (non-hydrogen) atoms. The molecule has 0 atom stereocenters. The number of carbonyl (C=O) groups is 2. The lowest BCUT2D eigenvalue weighted by atomic mass is 10.1. The number of carboxylic acids is 1. The summed E-state index contributed by atoms with van der Waals surface area (Å²) in [7, 11) is 0. The highest BCUT2D eigenvalue weighted by atomic mass is 16.5. The molecule has 0 spiro atoms. The number of anilines is 1. The highest BCUT2D eigenvalue weighted by molar-refractivity contribution is 5.90. The minimum Gasteiger partial charge on any atom is -0.481 e. The number of carboxylic acid groups (broad SMARTS) is 1. The van der Waals surface area contributed by atoms with Crippen LogP contribution in [0.1, 0.15) is 30.6 Å². The van der Waals surface area contributed by atoms with Gasteiger partial charge in [0.25, 0.3) is 0 Å². The van der Waals surface area contributed by atoms with Crippen molar-refractivity contribution in [2.45, 2.75) is 26.4 Å². The molecule has 0 saturated carbocycles. The van der Waals surface area contributed by atoms with Gasteiger partial charge in [-0.3, -0.25) is 4.79 Å². The van der Waals surface area contributed by atoms with Crippen molar-refractivity contribution in [1.82, 2.24) is 0 Å². The van der Waals surface area contributed by atoms with Crippen LogP contribution in [0.3, 0.4) is 0 Å². The highest BCUT2D eigenvalue weighted by Crippen LogP contribution is 2.18. The fourth-order valence-corrected chi connectivity index (χ4v) is 1.82. The molecule has 0 aliphatic heterocycles. The molecule has 1 rings (SSSR count). The average molecular weight is 291 g/mol. The van der Waals surface area contributed by atoms with Crippen LogP contribution >= 0.6 is 0 Å². The lowest BCUT2D eigenvalue weighted by molar-refractivity contribution is -0.136. The molecule has 0 saturated heterocycles. The van der Waals surface area contributed by atoms with Gasteiger partial charge in [-0.2, -0.15) is 0 Å². The summed E-state index contributed by atoms with van der Waals surface area (Å²) >= 11 is 0. The van der Waals surface area contributed by atoms with Crippen LogP contribution in [0.2, 0.25) is 0 Å². The predicted molar refractivity (Wildman–Crippen MR) is 81.7 cm³/mol. The minimum atomic E-state index is -0.862. The molecule has 1 aromatic rings. The summed E-state index contributed by atoms with van der Waals surface area (Å²) in [4.78, 5) is 24.5. The standard InChI is InChI=1S/C16H21NO4/c1-4-9-17(10-8-15(18)19)14-7-5-6-13(11-14)16(20)21-12(2)3/h4-7,11-12H,1,8-10H2,2-3H3,(H,18,19). The summed E-state index contributed by atoms with van der Waals surface area (Å²) in [6.07, 6.45) is 1.53. The first-order chi connectivity index (χ1) is 9.93. The van der Waals surface area contributed by atoms with Crippen LogP contribution in [0.15, 0.2) is 36.9 Å². The summed E-state index contributed by atoms with van der Waals surface area (Å²) in [6, 6.07) is 6.97. The molecule has 0 amide bonds. The largest absolute Gasteiger partial charge is 0.481 e. The second-order valence-corrected chi connectivity index (χ2v) is 4.88.